The van der Waals surface area contributed by atoms with E-state index in [-0.39, 0.29) is 23.4 Å². The van der Waals surface area contributed by atoms with Crippen molar-refractivity contribution < 1.29 is 9.59 Å². The Balaban J connectivity index is 2.63. The fourth-order valence-corrected chi connectivity index (χ4v) is 1.23. The van der Waals surface area contributed by atoms with Crippen molar-refractivity contribution >= 4 is 11.6 Å². The molecule has 0 spiro atoms. The van der Waals surface area contributed by atoms with E-state index < -0.39 is 0 Å². The zero-order valence-corrected chi connectivity index (χ0v) is 6.39. The van der Waals surface area contributed by atoms with E-state index in [9.17, 15) is 9.59 Å². The molecule has 1 aliphatic rings. The molecule has 0 heterocycles. The summed E-state index contributed by atoms with van der Waals surface area (Å²) in [6.45, 7) is 3.65. The molecule has 56 valence electrons. The molecule has 0 aliphatic heterocycles. The fourth-order valence-electron chi connectivity index (χ4n) is 1.23. The van der Waals surface area contributed by atoms with Crippen molar-refractivity contribution in [3.63, 3.8) is 0 Å². The molecule has 0 saturated heterocycles. The van der Waals surface area contributed by atoms with Gasteiger partial charge >= 0.3 is 0 Å². The number of carbonyl (C=O) groups excluding carboxylic acids is 2. The van der Waals surface area contributed by atoms with Crippen LogP contribution in [-0.4, -0.2) is 11.6 Å². The smallest absolute Gasteiger partial charge is 0.136 e. The van der Waals surface area contributed by atoms with Crippen LogP contribution in [-0.2, 0) is 9.59 Å². The first-order chi connectivity index (χ1) is 4.61. The van der Waals surface area contributed by atoms with Crippen molar-refractivity contribution in [1.82, 2.24) is 0 Å². The minimum atomic E-state index is -0.0244. The van der Waals surface area contributed by atoms with Gasteiger partial charge in [-0.15, -0.1) is 0 Å². The van der Waals surface area contributed by atoms with E-state index in [1.54, 1.807) is 0 Å². The molecular formula is C8H12O2. The van der Waals surface area contributed by atoms with Crippen LogP contribution in [0.2, 0.25) is 0 Å². The zero-order chi connectivity index (χ0) is 7.72. The van der Waals surface area contributed by atoms with Crippen molar-refractivity contribution in [2.45, 2.75) is 26.7 Å². The Labute approximate surface area is 60.6 Å². The van der Waals surface area contributed by atoms with Crippen LogP contribution in [0.25, 0.3) is 0 Å². The monoisotopic (exact) mass is 140 g/mol. The summed E-state index contributed by atoms with van der Waals surface area (Å²) in [5, 5.41) is 0. The van der Waals surface area contributed by atoms with Crippen LogP contribution >= 0.6 is 0 Å². The first-order valence-corrected chi connectivity index (χ1v) is 3.66. The third-order valence-electron chi connectivity index (χ3n) is 2.11. The van der Waals surface area contributed by atoms with Gasteiger partial charge in [0.2, 0.25) is 0 Å². The molecule has 0 unspecified atom stereocenters. The fraction of sp³-hybridized carbons (Fsp3) is 0.750. The highest BCUT2D eigenvalue weighted by molar-refractivity contribution is 5.95. The summed E-state index contributed by atoms with van der Waals surface area (Å²) in [4.78, 5) is 22.0. The van der Waals surface area contributed by atoms with Gasteiger partial charge in [0.25, 0.3) is 0 Å². The number of rotatable bonds is 0. The Kier molecular flexibility index (Phi) is 1.88. The van der Waals surface area contributed by atoms with Crippen LogP contribution < -0.4 is 0 Å². The highest BCUT2D eigenvalue weighted by Gasteiger charge is 2.28. The second kappa shape index (κ2) is 2.52. The molecule has 0 N–H and O–H groups in total. The summed E-state index contributed by atoms with van der Waals surface area (Å²) in [6, 6.07) is 0. The van der Waals surface area contributed by atoms with Crippen molar-refractivity contribution in [1.29, 1.82) is 0 Å². The molecule has 0 amide bonds. The lowest BCUT2D eigenvalue weighted by atomic mass is 9.82. The molecular weight excluding hydrogens is 128 g/mol. The molecule has 0 aromatic carbocycles. The third-order valence-corrected chi connectivity index (χ3v) is 2.11. The van der Waals surface area contributed by atoms with Gasteiger partial charge < -0.3 is 0 Å². The average Bonchev–Trinajstić information content (AvgIpc) is 1.84. The van der Waals surface area contributed by atoms with E-state index in [4.69, 9.17) is 0 Å². The number of hydrogen-bond donors (Lipinski definition) is 0. The van der Waals surface area contributed by atoms with Crippen molar-refractivity contribution in [2.24, 2.45) is 11.8 Å². The first-order valence-electron chi connectivity index (χ1n) is 3.66. The normalized spacial score (nSPS) is 34.6. The van der Waals surface area contributed by atoms with Crippen LogP contribution in [0.4, 0.5) is 0 Å². The molecule has 1 aliphatic carbocycles. The molecule has 2 heteroatoms. The van der Waals surface area contributed by atoms with Gasteiger partial charge in [0.15, 0.2) is 0 Å². The van der Waals surface area contributed by atoms with Crippen molar-refractivity contribution in [3.05, 3.63) is 0 Å². The minimum absolute atomic E-state index is 0.0244. The molecule has 0 aromatic heterocycles. The zero-order valence-electron chi connectivity index (χ0n) is 6.39. The summed E-state index contributed by atoms with van der Waals surface area (Å²) in [5.74, 6) is 0.437. The highest BCUT2D eigenvalue weighted by atomic mass is 16.1. The summed E-state index contributed by atoms with van der Waals surface area (Å²) in [6.07, 6.45) is 0.917. The maximum absolute atomic E-state index is 11.0. The predicted molar refractivity (Wildman–Crippen MR) is 37.6 cm³/mol. The summed E-state index contributed by atoms with van der Waals surface area (Å²) in [5.41, 5.74) is 0. The van der Waals surface area contributed by atoms with Crippen LogP contribution in [0.15, 0.2) is 0 Å². The van der Waals surface area contributed by atoms with E-state index in [0.717, 1.165) is 0 Å². The standard InChI is InChI=1S/C8H12O2/c1-5-3-8(10)6(2)4-7(5)9/h5-6H,3-4H2,1-2H3/t5-,6+. The van der Waals surface area contributed by atoms with Crippen molar-refractivity contribution in [2.75, 3.05) is 0 Å². The summed E-state index contributed by atoms with van der Waals surface area (Å²) < 4.78 is 0. The summed E-state index contributed by atoms with van der Waals surface area (Å²) in [7, 11) is 0. The Morgan fingerprint density at radius 1 is 1.00 bits per heavy atom. The second-order valence-electron chi connectivity index (χ2n) is 3.14. The topological polar surface area (TPSA) is 34.1 Å². The molecule has 1 saturated carbocycles. The minimum Gasteiger partial charge on any atom is -0.299 e. The number of ketones is 2. The third kappa shape index (κ3) is 1.25. The maximum Gasteiger partial charge on any atom is 0.136 e. The van der Waals surface area contributed by atoms with Gasteiger partial charge in [0.1, 0.15) is 11.6 Å². The van der Waals surface area contributed by atoms with Crippen LogP contribution in [0.1, 0.15) is 26.7 Å². The van der Waals surface area contributed by atoms with E-state index in [1.807, 2.05) is 13.8 Å². The van der Waals surface area contributed by atoms with E-state index in [2.05, 4.69) is 0 Å². The SMILES string of the molecule is C[C@@H]1CC(=O)[C@@H](C)CC1=O. The predicted octanol–water partition coefficient (Wildman–Crippen LogP) is 1.19. The Morgan fingerprint density at radius 3 is 1.60 bits per heavy atom. The van der Waals surface area contributed by atoms with Crippen molar-refractivity contribution in [3.8, 4) is 0 Å². The lowest BCUT2D eigenvalue weighted by molar-refractivity contribution is -0.135. The van der Waals surface area contributed by atoms with Gasteiger partial charge in [-0.2, -0.15) is 0 Å². The molecule has 2 nitrogen and oxygen atoms in total. The van der Waals surface area contributed by atoms with Crippen LogP contribution in [0.3, 0.4) is 0 Å². The van der Waals surface area contributed by atoms with E-state index in [0.29, 0.717) is 12.8 Å². The summed E-state index contributed by atoms with van der Waals surface area (Å²) >= 11 is 0. The molecule has 2 atom stereocenters. The number of Topliss-reactive ketones (excluding diaryl/α,β-unsaturated/α-hetero) is 2. The average molecular weight is 140 g/mol. The van der Waals surface area contributed by atoms with E-state index >= 15 is 0 Å². The number of carbonyl (C=O) groups is 2. The van der Waals surface area contributed by atoms with Gasteiger partial charge in [0.05, 0.1) is 0 Å². The van der Waals surface area contributed by atoms with Gasteiger partial charge in [-0.1, -0.05) is 13.8 Å². The lowest BCUT2D eigenvalue weighted by Gasteiger charge is -2.20. The maximum atomic E-state index is 11.0. The van der Waals surface area contributed by atoms with Gasteiger partial charge in [-0.25, -0.2) is 0 Å². The molecule has 1 fully saturated rings. The quantitative estimate of drug-likeness (QED) is 0.506. The second-order valence-corrected chi connectivity index (χ2v) is 3.14. The molecule has 0 aromatic rings. The number of hydrogen-bond acceptors (Lipinski definition) is 2. The van der Waals surface area contributed by atoms with Gasteiger partial charge in [0, 0.05) is 24.7 Å². The highest BCUT2D eigenvalue weighted by Crippen LogP contribution is 2.21. The largest absolute Gasteiger partial charge is 0.299 e. The molecule has 10 heavy (non-hydrogen) atoms. The van der Waals surface area contributed by atoms with Crippen LogP contribution in [0.5, 0.6) is 0 Å². The Hall–Kier alpha value is -0.660. The van der Waals surface area contributed by atoms with E-state index in [1.165, 1.54) is 0 Å². The molecule has 0 radical (unpaired) electrons. The lowest BCUT2D eigenvalue weighted by Crippen LogP contribution is -2.28. The van der Waals surface area contributed by atoms with Crippen LogP contribution in [0, 0.1) is 11.8 Å². The van der Waals surface area contributed by atoms with Gasteiger partial charge in [-0.3, -0.25) is 9.59 Å². The Morgan fingerprint density at radius 2 is 1.30 bits per heavy atom. The first kappa shape index (κ1) is 7.45. The molecule has 0 bridgehead atoms. The Bertz CT molecular complexity index is 152. The van der Waals surface area contributed by atoms with Gasteiger partial charge in [-0.05, 0) is 0 Å². The molecule has 1 rings (SSSR count).